The van der Waals surface area contributed by atoms with Gasteiger partial charge in [-0.2, -0.15) is 4.98 Å². The summed E-state index contributed by atoms with van der Waals surface area (Å²) in [6.07, 6.45) is 2.36. The van der Waals surface area contributed by atoms with Gasteiger partial charge in [0.1, 0.15) is 5.82 Å². The first-order chi connectivity index (χ1) is 17.3. The van der Waals surface area contributed by atoms with Crippen molar-refractivity contribution in [2.24, 2.45) is 5.92 Å². The summed E-state index contributed by atoms with van der Waals surface area (Å²) in [6, 6.07) is 10.8. The van der Waals surface area contributed by atoms with Crippen molar-refractivity contribution >= 4 is 46.7 Å². The summed E-state index contributed by atoms with van der Waals surface area (Å²) < 4.78 is 20.4. The van der Waals surface area contributed by atoms with Crippen molar-refractivity contribution in [1.29, 1.82) is 0 Å². The van der Waals surface area contributed by atoms with Crippen LogP contribution in [0.4, 0.5) is 26.6 Å². The standard InChI is InChI=1S/C25H26Cl2FN5O3/c1-32-10-2-3-16(13-32)15-36-22-7-5-19(12-21(22)28)30-24-29-9-8-23(31-24)33(25(34)35)14-17-11-18(26)4-6-20(17)27/h4-9,11-12,16H,2-3,10,13-15H2,1H3,(H,34,35)(H,29,30,31). The molecule has 2 N–H and O–H groups in total. The zero-order valence-corrected chi connectivity index (χ0v) is 21.1. The molecule has 1 aliphatic rings. The zero-order chi connectivity index (χ0) is 25.7. The Hall–Kier alpha value is -3.14. The molecule has 190 valence electrons. The van der Waals surface area contributed by atoms with Gasteiger partial charge in [0, 0.05) is 40.5 Å². The second-order valence-electron chi connectivity index (χ2n) is 8.69. The van der Waals surface area contributed by atoms with Crippen LogP contribution in [-0.2, 0) is 6.54 Å². The maximum Gasteiger partial charge on any atom is 0.413 e. The predicted octanol–water partition coefficient (Wildman–Crippen LogP) is 6.07. The summed E-state index contributed by atoms with van der Waals surface area (Å²) >= 11 is 12.2. The quantitative estimate of drug-likeness (QED) is 0.363. The molecular formula is C25H26Cl2FN5O3. The van der Waals surface area contributed by atoms with Crippen molar-refractivity contribution in [1.82, 2.24) is 14.9 Å². The molecule has 4 rings (SSSR count). The Labute approximate surface area is 218 Å². The Kier molecular flexibility index (Phi) is 8.45. The normalized spacial score (nSPS) is 15.9. The van der Waals surface area contributed by atoms with Crippen molar-refractivity contribution < 1.29 is 19.0 Å². The number of aromatic nitrogens is 2. The number of halogens is 3. The minimum absolute atomic E-state index is 0.0668. The van der Waals surface area contributed by atoms with Gasteiger partial charge >= 0.3 is 6.09 Å². The van der Waals surface area contributed by atoms with E-state index in [1.807, 2.05) is 0 Å². The van der Waals surface area contributed by atoms with Crippen LogP contribution >= 0.6 is 23.2 Å². The number of hydrogen-bond donors (Lipinski definition) is 2. The number of rotatable bonds is 8. The Balaban J connectivity index is 1.44. The molecule has 3 aromatic rings. The van der Waals surface area contributed by atoms with Gasteiger partial charge in [0.2, 0.25) is 5.95 Å². The van der Waals surface area contributed by atoms with Gasteiger partial charge in [-0.25, -0.2) is 14.2 Å². The Morgan fingerprint density at radius 3 is 2.86 bits per heavy atom. The summed E-state index contributed by atoms with van der Waals surface area (Å²) in [5.74, 6) is 0.265. The van der Waals surface area contributed by atoms with E-state index in [0.717, 1.165) is 30.8 Å². The molecule has 2 aromatic carbocycles. The summed E-state index contributed by atoms with van der Waals surface area (Å²) in [6.45, 7) is 2.41. The molecule has 0 radical (unpaired) electrons. The fraction of sp³-hybridized carbons (Fsp3) is 0.320. The largest absolute Gasteiger partial charge is 0.490 e. The molecule has 1 aliphatic heterocycles. The highest BCUT2D eigenvalue weighted by Gasteiger charge is 2.20. The second-order valence-corrected chi connectivity index (χ2v) is 9.54. The minimum Gasteiger partial charge on any atom is -0.490 e. The van der Waals surface area contributed by atoms with E-state index in [9.17, 15) is 14.3 Å². The second kappa shape index (κ2) is 11.7. The maximum atomic E-state index is 14.7. The lowest BCUT2D eigenvalue weighted by molar-refractivity contribution is 0.147. The number of carboxylic acid groups (broad SMARTS) is 1. The summed E-state index contributed by atoms with van der Waals surface area (Å²) in [5.41, 5.74) is 0.923. The first kappa shape index (κ1) is 25.9. The van der Waals surface area contributed by atoms with Gasteiger partial charge in [-0.05, 0) is 68.4 Å². The topological polar surface area (TPSA) is 90.8 Å². The lowest BCUT2D eigenvalue weighted by Gasteiger charge is -2.29. The van der Waals surface area contributed by atoms with Gasteiger partial charge in [-0.3, -0.25) is 4.90 Å². The number of carbonyl (C=O) groups is 1. The zero-order valence-electron chi connectivity index (χ0n) is 19.6. The number of benzene rings is 2. The van der Waals surface area contributed by atoms with Crippen molar-refractivity contribution in [2.45, 2.75) is 19.4 Å². The van der Waals surface area contributed by atoms with Crippen LogP contribution in [0.25, 0.3) is 0 Å². The summed E-state index contributed by atoms with van der Waals surface area (Å²) in [5, 5.41) is 13.5. The van der Waals surface area contributed by atoms with Crippen molar-refractivity contribution in [2.75, 3.05) is 37.0 Å². The van der Waals surface area contributed by atoms with E-state index in [2.05, 4.69) is 27.2 Å². The molecule has 1 saturated heterocycles. The van der Waals surface area contributed by atoms with Crippen LogP contribution in [0.2, 0.25) is 10.0 Å². The number of likely N-dealkylation sites (tertiary alicyclic amines) is 1. The van der Waals surface area contributed by atoms with E-state index in [1.165, 1.54) is 18.3 Å². The Morgan fingerprint density at radius 1 is 1.28 bits per heavy atom. The van der Waals surface area contributed by atoms with E-state index in [4.69, 9.17) is 27.9 Å². The molecular weight excluding hydrogens is 508 g/mol. The molecule has 0 aliphatic carbocycles. The summed E-state index contributed by atoms with van der Waals surface area (Å²) in [4.78, 5) is 23.6. The van der Waals surface area contributed by atoms with Gasteiger partial charge in [0.15, 0.2) is 11.6 Å². The number of piperidine rings is 1. The molecule has 1 fully saturated rings. The van der Waals surface area contributed by atoms with E-state index < -0.39 is 11.9 Å². The highest BCUT2D eigenvalue weighted by atomic mass is 35.5. The van der Waals surface area contributed by atoms with Gasteiger partial charge in [0.05, 0.1) is 13.2 Å². The van der Waals surface area contributed by atoms with Gasteiger partial charge in [0.25, 0.3) is 0 Å². The van der Waals surface area contributed by atoms with Gasteiger partial charge in [-0.1, -0.05) is 23.2 Å². The Bertz CT molecular complexity index is 1230. The fourth-order valence-electron chi connectivity index (χ4n) is 4.08. The molecule has 1 amide bonds. The van der Waals surface area contributed by atoms with E-state index in [1.54, 1.807) is 30.3 Å². The molecule has 1 aromatic heterocycles. The molecule has 1 atom stereocenters. The van der Waals surface area contributed by atoms with Crippen molar-refractivity contribution in [3.63, 3.8) is 0 Å². The van der Waals surface area contributed by atoms with Crippen LogP contribution in [0.1, 0.15) is 18.4 Å². The van der Waals surface area contributed by atoms with Crippen LogP contribution in [0.5, 0.6) is 5.75 Å². The Morgan fingerprint density at radius 2 is 2.11 bits per heavy atom. The average molecular weight is 534 g/mol. The number of anilines is 3. The first-order valence-electron chi connectivity index (χ1n) is 11.4. The first-order valence-corrected chi connectivity index (χ1v) is 12.2. The third kappa shape index (κ3) is 6.75. The molecule has 0 spiro atoms. The molecule has 11 heteroatoms. The number of ether oxygens (including phenoxy) is 1. The van der Waals surface area contributed by atoms with Crippen LogP contribution in [0.15, 0.2) is 48.7 Å². The molecule has 0 bridgehead atoms. The average Bonchev–Trinajstić information content (AvgIpc) is 2.84. The fourth-order valence-corrected chi connectivity index (χ4v) is 4.45. The predicted molar refractivity (Wildman–Crippen MR) is 138 cm³/mol. The van der Waals surface area contributed by atoms with E-state index in [0.29, 0.717) is 33.8 Å². The number of nitrogens with one attached hydrogen (secondary N) is 1. The number of hydrogen-bond acceptors (Lipinski definition) is 6. The maximum absolute atomic E-state index is 14.7. The molecule has 2 heterocycles. The third-order valence-corrected chi connectivity index (χ3v) is 6.47. The monoisotopic (exact) mass is 533 g/mol. The minimum atomic E-state index is -1.23. The van der Waals surface area contributed by atoms with Gasteiger partial charge < -0.3 is 20.1 Å². The van der Waals surface area contributed by atoms with E-state index >= 15 is 0 Å². The lowest BCUT2D eigenvalue weighted by Crippen LogP contribution is -2.34. The summed E-state index contributed by atoms with van der Waals surface area (Å²) in [7, 11) is 2.08. The van der Waals surface area contributed by atoms with Gasteiger partial charge in [-0.15, -0.1) is 0 Å². The van der Waals surface area contributed by atoms with Crippen LogP contribution in [0, 0.1) is 11.7 Å². The molecule has 36 heavy (non-hydrogen) atoms. The SMILES string of the molecule is CN1CCCC(COc2ccc(Nc3nccc(N(Cc4cc(Cl)ccc4Cl)C(=O)O)n3)cc2F)C1. The van der Waals surface area contributed by atoms with Crippen molar-refractivity contribution in [3.8, 4) is 5.75 Å². The number of nitrogens with zero attached hydrogens (tertiary/aromatic N) is 4. The molecule has 1 unspecified atom stereocenters. The smallest absolute Gasteiger partial charge is 0.413 e. The van der Waals surface area contributed by atoms with Crippen LogP contribution in [0.3, 0.4) is 0 Å². The lowest BCUT2D eigenvalue weighted by atomic mass is 10.00. The highest BCUT2D eigenvalue weighted by molar-refractivity contribution is 6.33. The van der Waals surface area contributed by atoms with Crippen molar-refractivity contribution in [3.05, 3.63) is 70.1 Å². The number of amides is 1. The van der Waals surface area contributed by atoms with Crippen LogP contribution in [-0.4, -0.2) is 52.8 Å². The van der Waals surface area contributed by atoms with Crippen LogP contribution < -0.4 is 15.0 Å². The highest BCUT2D eigenvalue weighted by Crippen LogP contribution is 2.27. The molecule has 0 saturated carbocycles. The van der Waals surface area contributed by atoms with E-state index in [-0.39, 0.29) is 24.1 Å². The molecule has 8 nitrogen and oxygen atoms in total. The third-order valence-electron chi connectivity index (χ3n) is 5.87.